The molecule has 0 atom stereocenters. The van der Waals surface area contributed by atoms with Crippen LogP contribution < -0.4 is 0 Å². The second kappa shape index (κ2) is 4.99. The summed E-state index contributed by atoms with van der Waals surface area (Å²) in [5.41, 5.74) is 2.33. The molecule has 82 valence electrons. The number of rotatable bonds is 4. The molecule has 2 aromatic rings. The zero-order valence-electron chi connectivity index (χ0n) is 8.74. The average Bonchev–Trinajstić information content (AvgIpc) is 2.67. The second-order valence-corrected chi connectivity index (χ2v) is 3.98. The summed E-state index contributed by atoms with van der Waals surface area (Å²) in [4.78, 5) is 0. The monoisotopic (exact) mass is 233 g/mol. The third kappa shape index (κ3) is 2.74. The van der Waals surface area contributed by atoms with Crippen molar-refractivity contribution in [3.63, 3.8) is 0 Å². The highest BCUT2D eigenvalue weighted by atomic mass is 35.5. The SMILES string of the molecule is N=CCc1ccc(Cc2ccc(Cl)o2)cc1. The van der Waals surface area contributed by atoms with Crippen LogP contribution in [0.1, 0.15) is 16.9 Å². The van der Waals surface area contributed by atoms with Crippen LogP contribution in [0.15, 0.2) is 40.8 Å². The number of hydrogen-bond donors (Lipinski definition) is 1. The maximum atomic E-state index is 7.02. The van der Waals surface area contributed by atoms with Gasteiger partial charge in [-0.1, -0.05) is 24.3 Å². The topological polar surface area (TPSA) is 37.0 Å². The zero-order chi connectivity index (χ0) is 11.4. The van der Waals surface area contributed by atoms with Gasteiger partial charge in [0.1, 0.15) is 5.76 Å². The molecule has 1 N–H and O–H groups in total. The Kier molecular flexibility index (Phi) is 3.42. The van der Waals surface area contributed by atoms with Crippen molar-refractivity contribution in [2.45, 2.75) is 12.8 Å². The van der Waals surface area contributed by atoms with E-state index in [4.69, 9.17) is 21.4 Å². The summed E-state index contributed by atoms with van der Waals surface area (Å²) in [7, 11) is 0. The molecule has 0 saturated carbocycles. The van der Waals surface area contributed by atoms with Crippen LogP contribution in [-0.4, -0.2) is 6.21 Å². The number of nitrogens with one attached hydrogen (secondary N) is 1. The van der Waals surface area contributed by atoms with Crippen LogP contribution in [0.5, 0.6) is 0 Å². The highest BCUT2D eigenvalue weighted by molar-refractivity contribution is 6.28. The van der Waals surface area contributed by atoms with Crippen LogP contribution in [0.4, 0.5) is 0 Å². The first-order valence-corrected chi connectivity index (χ1v) is 5.46. The molecule has 2 rings (SSSR count). The predicted molar refractivity (Wildman–Crippen MR) is 65.5 cm³/mol. The molecule has 0 bridgehead atoms. The first-order valence-electron chi connectivity index (χ1n) is 5.09. The molecule has 0 radical (unpaired) electrons. The van der Waals surface area contributed by atoms with E-state index in [0.717, 1.165) is 17.7 Å². The van der Waals surface area contributed by atoms with Gasteiger partial charge in [0.05, 0.1) is 0 Å². The fraction of sp³-hybridized carbons (Fsp3) is 0.154. The summed E-state index contributed by atoms with van der Waals surface area (Å²) < 4.78 is 5.29. The lowest BCUT2D eigenvalue weighted by Gasteiger charge is -2.00. The highest BCUT2D eigenvalue weighted by Crippen LogP contribution is 2.17. The molecule has 0 unspecified atom stereocenters. The molecular formula is C13H12ClNO. The van der Waals surface area contributed by atoms with Gasteiger partial charge in [-0.15, -0.1) is 0 Å². The lowest BCUT2D eigenvalue weighted by Crippen LogP contribution is -1.88. The number of benzene rings is 1. The largest absolute Gasteiger partial charge is 0.449 e. The Bertz CT molecular complexity index is 473. The molecule has 0 fully saturated rings. The fourth-order valence-corrected chi connectivity index (χ4v) is 1.72. The van der Waals surface area contributed by atoms with Crippen LogP contribution in [0, 0.1) is 5.41 Å². The van der Waals surface area contributed by atoms with Crippen LogP contribution in [0.2, 0.25) is 5.22 Å². The molecule has 0 amide bonds. The van der Waals surface area contributed by atoms with Crippen molar-refractivity contribution in [2.24, 2.45) is 0 Å². The number of hydrogen-bond acceptors (Lipinski definition) is 2. The van der Waals surface area contributed by atoms with Crippen LogP contribution in [0.3, 0.4) is 0 Å². The summed E-state index contributed by atoms with van der Waals surface area (Å²) in [6.07, 6.45) is 2.84. The van der Waals surface area contributed by atoms with Gasteiger partial charge in [0.15, 0.2) is 5.22 Å². The van der Waals surface area contributed by atoms with Gasteiger partial charge < -0.3 is 9.83 Å². The molecule has 0 saturated heterocycles. The van der Waals surface area contributed by atoms with E-state index < -0.39 is 0 Å². The van der Waals surface area contributed by atoms with Gasteiger partial charge in [0.2, 0.25) is 0 Å². The van der Waals surface area contributed by atoms with E-state index in [2.05, 4.69) is 12.1 Å². The smallest absolute Gasteiger partial charge is 0.193 e. The van der Waals surface area contributed by atoms with Gasteiger partial charge in [-0.2, -0.15) is 0 Å². The molecule has 3 heteroatoms. The van der Waals surface area contributed by atoms with Crippen molar-refractivity contribution in [2.75, 3.05) is 0 Å². The number of halogens is 1. The molecule has 1 aromatic carbocycles. The first-order chi connectivity index (χ1) is 7.78. The third-order valence-electron chi connectivity index (χ3n) is 2.37. The van der Waals surface area contributed by atoms with E-state index in [0.29, 0.717) is 11.6 Å². The van der Waals surface area contributed by atoms with Crippen LogP contribution in [-0.2, 0) is 12.8 Å². The summed E-state index contributed by atoms with van der Waals surface area (Å²) >= 11 is 5.70. The standard InChI is InChI=1S/C13H12ClNO/c14-13-6-5-12(16-13)9-11-3-1-10(2-4-11)7-8-15/h1-6,8,15H,7,9H2. The molecule has 2 nitrogen and oxygen atoms in total. The number of furan rings is 1. The summed E-state index contributed by atoms with van der Waals surface area (Å²) in [6, 6.07) is 11.8. The van der Waals surface area contributed by atoms with Crippen molar-refractivity contribution < 1.29 is 4.42 Å². The normalized spacial score (nSPS) is 10.3. The Morgan fingerprint density at radius 2 is 1.75 bits per heavy atom. The minimum Gasteiger partial charge on any atom is -0.449 e. The molecule has 0 aliphatic carbocycles. The molecule has 0 spiro atoms. The Hall–Kier alpha value is -1.54. The Labute approximate surface area is 99.4 Å². The van der Waals surface area contributed by atoms with Crippen LogP contribution >= 0.6 is 11.6 Å². The minimum absolute atomic E-state index is 0.426. The van der Waals surface area contributed by atoms with Crippen molar-refractivity contribution in [3.05, 3.63) is 58.5 Å². The van der Waals surface area contributed by atoms with E-state index in [1.54, 1.807) is 6.07 Å². The lowest BCUT2D eigenvalue weighted by molar-refractivity contribution is 0.523. The molecular weight excluding hydrogens is 222 g/mol. The van der Waals surface area contributed by atoms with Gasteiger partial charge in [0, 0.05) is 12.8 Å². The van der Waals surface area contributed by atoms with Gasteiger partial charge in [-0.05, 0) is 41.1 Å². The van der Waals surface area contributed by atoms with Gasteiger partial charge in [-0.25, -0.2) is 0 Å². The van der Waals surface area contributed by atoms with Gasteiger partial charge in [0.25, 0.3) is 0 Å². The lowest BCUT2D eigenvalue weighted by atomic mass is 10.1. The van der Waals surface area contributed by atoms with E-state index in [-0.39, 0.29) is 0 Å². The highest BCUT2D eigenvalue weighted by Gasteiger charge is 2.01. The molecule has 0 aliphatic rings. The van der Waals surface area contributed by atoms with E-state index in [1.165, 1.54) is 11.8 Å². The van der Waals surface area contributed by atoms with Crippen molar-refractivity contribution in [1.82, 2.24) is 0 Å². The fourth-order valence-electron chi connectivity index (χ4n) is 1.56. The summed E-state index contributed by atoms with van der Waals surface area (Å²) in [6.45, 7) is 0. The van der Waals surface area contributed by atoms with Crippen molar-refractivity contribution in [1.29, 1.82) is 5.41 Å². The maximum Gasteiger partial charge on any atom is 0.193 e. The summed E-state index contributed by atoms with van der Waals surface area (Å²) in [5.74, 6) is 0.866. The zero-order valence-corrected chi connectivity index (χ0v) is 9.50. The first kappa shape index (κ1) is 11.0. The maximum absolute atomic E-state index is 7.02. The molecule has 1 heterocycles. The predicted octanol–water partition coefficient (Wildman–Crippen LogP) is 3.72. The Balaban J connectivity index is 2.07. The van der Waals surface area contributed by atoms with Gasteiger partial charge in [-0.3, -0.25) is 0 Å². The third-order valence-corrected chi connectivity index (χ3v) is 2.57. The van der Waals surface area contributed by atoms with E-state index in [1.807, 2.05) is 18.2 Å². The molecule has 1 aromatic heterocycles. The van der Waals surface area contributed by atoms with E-state index >= 15 is 0 Å². The van der Waals surface area contributed by atoms with Crippen molar-refractivity contribution >= 4 is 17.8 Å². The summed E-state index contributed by atoms with van der Waals surface area (Å²) in [5, 5.41) is 7.45. The second-order valence-electron chi connectivity index (χ2n) is 3.61. The van der Waals surface area contributed by atoms with E-state index in [9.17, 15) is 0 Å². The van der Waals surface area contributed by atoms with Crippen molar-refractivity contribution in [3.8, 4) is 0 Å². The Morgan fingerprint density at radius 3 is 2.31 bits per heavy atom. The molecule has 16 heavy (non-hydrogen) atoms. The minimum atomic E-state index is 0.426. The quantitative estimate of drug-likeness (QED) is 0.803. The average molecular weight is 234 g/mol. The molecule has 0 aliphatic heterocycles. The van der Waals surface area contributed by atoms with Gasteiger partial charge >= 0.3 is 0 Å². The van der Waals surface area contributed by atoms with Crippen LogP contribution in [0.25, 0.3) is 0 Å². The Morgan fingerprint density at radius 1 is 1.06 bits per heavy atom.